The molecule has 2 rings (SSSR count). The van der Waals surface area contributed by atoms with Crippen molar-refractivity contribution in [2.75, 3.05) is 6.61 Å². The topological polar surface area (TPSA) is 57.6 Å². The summed E-state index contributed by atoms with van der Waals surface area (Å²) >= 11 is 0. The molecule has 1 heterocycles. The molecular weight excluding hydrogens is 242 g/mol. The molecule has 0 saturated carbocycles. The van der Waals surface area contributed by atoms with Crippen LogP contribution in [0, 0.1) is 0 Å². The fourth-order valence-corrected chi connectivity index (χ4v) is 1.72. The molecule has 0 atom stereocenters. The zero-order valence-electron chi connectivity index (χ0n) is 11.1. The van der Waals surface area contributed by atoms with Gasteiger partial charge in [0.25, 0.3) is 0 Å². The first kappa shape index (κ1) is 13.5. The summed E-state index contributed by atoms with van der Waals surface area (Å²) in [5, 5.41) is 0. The Morgan fingerprint density at radius 1 is 1.11 bits per heavy atom. The highest BCUT2D eigenvalue weighted by molar-refractivity contribution is 5.39. The van der Waals surface area contributed by atoms with Gasteiger partial charge in [0, 0.05) is 12.1 Å². The third-order valence-corrected chi connectivity index (χ3v) is 2.73. The zero-order chi connectivity index (χ0) is 13.5. The maximum Gasteiger partial charge on any atom is 0.161 e. The highest BCUT2D eigenvalue weighted by atomic mass is 16.5. The average Bonchev–Trinajstić information content (AvgIpc) is 2.91. The lowest BCUT2D eigenvalue weighted by molar-refractivity contribution is 0.242. The molecule has 102 valence electrons. The van der Waals surface area contributed by atoms with E-state index in [4.69, 9.17) is 19.6 Å². The molecule has 0 aliphatic rings. The molecule has 0 radical (unpaired) electrons. The van der Waals surface area contributed by atoms with Gasteiger partial charge in [-0.2, -0.15) is 0 Å². The van der Waals surface area contributed by atoms with Crippen molar-refractivity contribution in [3.05, 3.63) is 47.9 Å². The van der Waals surface area contributed by atoms with Crippen molar-refractivity contribution in [1.29, 1.82) is 0 Å². The van der Waals surface area contributed by atoms with Gasteiger partial charge in [-0.25, -0.2) is 0 Å². The first-order chi connectivity index (χ1) is 9.35. The summed E-state index contributed by atoms with van der Waals surface area (Å²) in [6.45, 7) is 3.55. The average molecular weight is 261 g/mol. The summed E-state index contributed by atoms with van der Waals surface area (Å²) in [6, 6.07) is 9.49. The monoisotopic (exact) mass is 261 g/mol. The van der Waals surface area contributed by atoms with Gasteiger partial charge >= 0.3 is 0 Å². The van der Waals surface area contributed by atoms with Crippen LogP contribution in [0.5, 0.6) is 11.5 Å². The van der Waals surface area contributed by atoms with Crippen LogP contribution in [-0.2, 0) is 13.2 Å². The molecule has 4 nitrogen and oxygen atoms in total. The van der Waals surface area contributed by atoms with Crippen LogP contribution >= 0.6 is 0 Å². The molecule has 0 saturated heterocycles. The lowest BCUT2D eigenvalue weighted by Gasteiger charge is -2.11. The predicted octanol–water partition coefficient (Wildman–Crippen LogP) is 3.11. The Morgan fingerprint density at radius 2 is 1.84 bits per heavy atom. The van der Waals surface area contributed by atoms with E-state index in [9.17, 15) is 0 Å². The molecule has 0 unspecified atom stereocenters. The van der Waals surface area contributed by atoms with Crippen molar-refractivity contribution >= 4 is 0 Å². The maximum atomic E-state index is 5.75. The van der Waals surface area contributed by atoms with Crippen LogP contribution in [0.1, 0.15) is 24.7 Å². The number of nitrogens with two attached hydrogens (primary N) is 1. The van der Waals surface area contributed by atoms with Gasteiger partial charge in [-0.05, 0) is 24.6 Å². The smallest absolute Gasteiger partial charge is 0.161 e. The molecular formula is C15H19NO3. The minimum Gasteiger partial charge on any atom is -0.490 e. The van der Waals surface area contributed by atoms with E-state index in [1.165, 1.54) is 0 Å². The largest absolute Gasteiger partial charge is 0.490 e. The lowest BCUT2D eigenvalue weighted by Crippen LogP contribution is -2.03. The Balaban J connectivity index is 2.02. The van der Waals surface area contributed by atoms with Crippen LogP contribution in [-0.4, -0.2) is 6.61 Å². The number of benzene rings is 1. The van der Waals surface area contributed by atoms with Crippen LogP contribution in [0.15, 0.2) is 41.0 Å². The van der Waals surface area contributed by atoms with Crippen LogP contribution in [0.3, 0.4) is 0 Å². The summed E-state index contributed by atoms with van der Waals surface area (Å²) in [4.78, 5) is 0. The summed E-state index contributed by atoms with van der Waals surface area (Å²) in [5.74, 6) is 2.23. The quantitative estimate of drug-likeness (QED) is 0.832. The van der Waals surface area contributed by atoms with Gasteiger partial charge in [0.1, 0.15) is 12.4 Å². The molecule has 0 amide bonds. The van der Waals surface area contributed by atoms with E-state index in [-0.39, 0.29) is 0 Å². The highest BCUT2D eigenvalue weighted by Crippen LogP contribution is 2.27. The number of para-hydroxylation sites is 2. The minimum absolute atomic E-state index is 0.353. The summed E-state index contributed by atoms with van der Waals surface area (Å²) < 4.78 is 16.7. The van der Waals surface area contributed by atoms with Gasteiger partial charge in [-0.3, -0.25) is 0 Å². The van der Waals surface area contributed by atoms with E-state index in [0.29, 0.717) is 19.8 Å². The molecule has 0 spiro atoms. The molecule has 2 N–H and O–H groups in total. The summed E-state index contributed by atoms with van der Waals surface area (Å²) in [6.07, 6.45) is 2.59. The van der Waals surface area contributed by atoms with Crippen LogP contribution in [0.25, 0.3) is 0 Å². The van der Waals surface area contributed by atoms with E-state index in [2.05, 4.69) is 6.92 Å². The molecule has 1 aromatic heterocycles. The molecule has 1 aromatic carbocycles. The van der Waals surface area contributed by atoms with Gasteiger partial charge in [-0.15, -0.1) is 0 Å². The third-order valence-electron chi connectivity index (χ3n) is 2.73. The lowest BCUT2D eigenvalue weighted by atomic mass is 10.2. The van der Waals surface area contributed by atoms with Gasteiger partial charge in [0.2, 0.25) is 0 Å². The fraction of sp³-hybridized carbons (Fsp3) is 0.333. The Bertz CT molecular complexity index is 508. The first-order valence-corrected chi connectivity index (χ1v) is 6.45. The van der Waals surface area contributed by atoms with Crippen molar-refractivity contribution < 1.29 is 13.9 Å². The number of hydrogen-bond donors (Lipinski definition) is 1. The van der Waals surface area contributed by atoms with E-state index in [1.807, 2.05) is 30.3 Å². The van der Waals surface area contributed by atoms with Crippen LogP contribution < -0.4 is 15.2 Å². The Hall–Kier alpha value is -1.94. The van der Waals surface area contributed by atoms with Crippen molar-refractivity contribution in [1.82, 2.24) is 0 Å². The van der Waals surface area contributed by atoms with Crippen molar-refractivity contribution in [2.45, 2.75) is 26.5 Å². The van der Waals surface area contributed by atoms with Crippen molar-refractivity contribution in [3.8, 4) is 11.5 Å². The van der Waals surface area contributed by atoms with Gasteiger partial charge in [0.05, 0.1) is 12.9 Å². The van der Waals surface area contributed by atoms with Gasteiger partial charge in [0.15, 0.2) is 11.5 Å². The van der Waals surface area contributed by atoms with E-state index in [1.54, 1.807) is 6.26 Å². The number of furan rings is 1. The van der Waals surface area contributed by atoms with Gasteiger partial charge in [-0.1, -0.05) is 19.1 Å². The second kappa shape index (κ2) is 6.85. The summed E-state index contributed by atoms with van der Waals surface area (Å²) in [5.41, 5.74) is 6.58. The van der Waals surface area contributed by atoms with E-state index >= 15 is 0 Å². The molecule has 19 heavy (non-hydrogen) atoms. The second-order valence-corrected chi connectivity index (χ2v) is 4.16. The fourth-order valence-electron chi connectivity index (χ4n) is 1.72. The number of hydrogen-bond acceptors (Lipinski definition) is 4. The Morgan fingerprint density at radius 3 is 2.53 bits per heavy atom. The second-order valence-electron chi connectivity index (χ2n) is 4.16. The molecule has 2 aromatic rings. The zero-order valence-corrected chi connectivity index (χ0v) is 11.1. The van der Waals surface area contributed by atoms with Crippen LogP contribution in [0.2, 0.25) is 0 Å². The molecule has 4 heteroatoms. The third kappa shape index (κ3) is 3.51. The predicted molar refractivity (Wildman–Crippen MR) is 73.2 cm³/mol. The maximum absolute atomic E-state index is 5.75. The molecule has 0 fully saturated rings. The summed E-state index contributed by atoms with van der Waals surface area (Å²) in [7, 11) is 0. The van der Waals surface area contributed by atoms with E-state index in [0.717, 1.165) is 29.2 Å². The number of ether oxygens (including phenoxy) is 2. The number of rotatable bonds is 7. The SMILES string of the molecule is CCCOc1ccccc1OCc1occc1CN. The molecule has 0 aliphatic carbocycles. The Labute approximate surface area is 113 Å². The van der Waals surface area contributed by atoms with E-state index < -0.39 is 0 Å². The highest BCUT2D eigenvalue weighted by Gasteiger charge is 2.08. The van der Waals surface area contributed by atoms with Crippen molar-refractivity contribution in [3.63, 3.8) is 0 Å². The standard InChI is InChI=1S/C15H19NO3/c1-2-8-17-13-5-3-4-6-14(13)19-11-15-12(10-16)7-9-18-15/h3-7,9H,2,8,10-11,16H2,1H3. The molecule has 0 aliphatic heterocycles. The van der Waals surface area contributed by atoms with Crippen molar-refractivity contribution in [2.24, 2.45) is 5.73 Å². The van der Waals surface area contributed by atoms with Gasteiger partial charge < -0.3 is 19.6 Å². The normalized spacial score (nSPS) is 10.4. The van der Waals surface area contributed by atoms with Crippen LogP contribution in [0.4, 0.5) is 0 Å². The Kier molecular flexibility index (Phi) is 4.86. The minimum atomic E-state index is 0.353. The molecule has 0 bridgehead atoms. The first-order valence-electron chi connectivity index (χ1n) is 6.45.